The fourth-order valence-corrected chi connectivity index (χ4v) is 11.6. The Morgan fingerprint density at radius 3 is 2.00 bits per heavy atom. The zero-order chi connectivity index (χ0) is 50.7. The molecule has 2 heterocycles. The van der Waals surface area contributed by atoms with Crippen molar-refractivity contribution in [1.29, 1.82) is 0 Å². The number of nitrogens with zero attached hydrogens (tertiary/aromatic N) is 7. The second-order valence-corrected chi connectivity index (χ2v) is 24.2. The molecule has 0 spiro atoms. The minimum absolute atomic E-state index is 0.0805. The van der Waals surface area contributed by atoms with Gasteiger partial charge in [0.15, 0.2) is 10.8 Å². The van der Waals surface area contributed by atoms with E-state index in [-0.39, 0.29) is 65.1 Å². The van der Waals surface area contributed by atoms with E-state index in [4.69, 9.17) is 32.3 Å². The highest BCUT2D eigenvalue weighted by Crippen LogP contribution is 2.38. The predicted molar refractivity (Wildman–Crippen MR) is 274 cm³/mol. The van der Waals surface area contributed by atoms with Crippen molar-refractivity contribution >= 4 is 135 Å². The molecule has 374 valence electrons. The monoisotopic (exact) mass is 1110 g/mol. The molecule has 0 fully saturated rings. The third kappa shape index (κ3) is 18.1. The van der Waals surface area contributed by atoms with Crippen molar-refractivity contribution < 1.29 is 48.8 Å². The van der Waals surface area contributed by atoms with E-state index in [0.717, 1.165) is 22.9 Å². The molecule has 0 aliphatic heterocycles. The molecule has 21 nitrogen and oxygen atoms in total. The lowest BCUT2D eigenvalue weighted by molar-refractivity contribution is -0.115. The number of aryl methyl sites for hydroxylation is 4. The lowest BCUT2D eigenvalue weighted by Crippen LogP contribution is -2.28. The van der Waals surface area contributed by atoms with Gasteiger partial charge in [-0.15, -0.1) is 16.9 Å². The molecule has 0 aliphatic carbocycles. The zero-order valence-electron chi connectivity index (χ0n) is 37.2. The molecule has 0 saturated carbocycles. The van der Waals surface area contributed by atoms with Crippen LogP contribution in [0.3, 0.4) is 0 Å². The highest BCUT2D eigenvalue weighted by atomic mass is 35.5. The predicted octanol–water partition coefficient (Wildman–Crippen LogP) is 8.91. The molecule has 1 atom stereocenters. The SMILES string of the molecule is Cc1cc(Cl)c(-n2nc(C)c(N=Nc3ccc(Nc4nc(Nc5cc(NC(=O)C(CSCCCS(=O)(=O)O)SCCCS(=O)(=O)O)ccc5C)nc(SCCCS(=O)(=O)O)n4)cc3C)c2O)cc1Cl. The second-order valence-electron chi connectivity index (χ2n) is 15.2. The van der Waals surface area contributed by atoms with Crippen molar-refractivity contribution in [2.45, 2.75) is 57.4 Å². The molecule has 0 aliphatic rings. The van der Waals surface area contributed by atoms with Crippen LogP contribution in [0.2, 0.25) is 10.0 Å². The quantitative estimate of drug-likeness (QED) is 0.0124. The molecule has 7 N–H and O–H groups in total. The molecule has 5 aromatic rings. The first kappa shape index (κ1) is 55.6. The molecular formula is C40H48Cl2N10O11S6. The molecule has 69 heavy (non-hydrogen) atoms. The number of thioether (sulfide) groups is 3. The summed E-state index contributed by atoms with van der Waals surface area (Å²) < 4.78 is 96.1. The Morgan fingerprint density at radius 2 is 1.35 bits per heavy atom. The molecule has 5 rings (SSSR count). The topological polar surface area (TPSA) is 318 Å². The number of azo groups is 1. The number of amides is 1. The second kappa shape index (κ2) is 24.7. The van der Waals surface area contributed by atoms with Gasteiger partial charge in [0.2, 0.25) is 23.7 Å². The van der Waals surface area contributed by atoms with Crippen LogP contribution in [0.1, 0.15) is 41.6 Å². The molecule has 0 radical (unpaired) electrons. The third-order valence-corrected chi connectivity index (χ3v) is 16.2. The van der Waals surface area contributed by atoms with Gasteiger partial charge in [-0.3, -0.25) is 18.5 Å². The Labute approximate surface area is 422 Å². The van der Waals surface area contributed by atoms with Gasteiger partial charge >= 0.3 is 0 Å². The fraction of sp³-hybridized carbons (Fsp3) is 0.375. The summed E-state index contributed by atoms with van der Waals surface area (Å²) in [4.78, 5) is 27.2. The summed E-state index contributed by atoms with van der Waals surface area (Å²) in [6.45, 7) is 7.07. The first-order valence-electron chi connectivity index (χ1n) is 20.5. The number of carbonyl (C=O) groups excluding carboxylic acids is 1. The van der Waals surface area contributed by atoms with Crippen molar-refractivity contribution in [3.8, 4) is 11.6 Å². The fourth-order valence-electron chi connectivity index (χ4n) is 5.98. The average molecular weight is 1110 g/mol. The first-order chi connectivity index (χ1) is 32.3. The van der Waals surface area contributed by atoms with Crippen LogP contribution >= 0.6 is 58.5 Å². The molecular weight excluding hydrogens is 1060 g/mol. The maximum Gasteiger partial charge on any atom is 0.264 e. The van der Waals surface area contributed by atoms with Crippen molar-refractivity contribution in [2.75, 3.05) is 56.2 Å². The minimum Gasteiger partial charge on any atom is -0.492 e. The van der Waals surface area contributed by atoms with Gasteiger partial charge in [0.1, 0.15) is 0 Å². The molecule has 0 saturated heterocycles. The van der Waals surface area contributed by atoms with Crippen molar-refractivity contribution in [3.05, 3.63) is 81.0 Å². The van der Waals surface area contributed by atoms with Gasteiger partial charge in [-0.05, 0) is 118 Å². The summed E-state index contributed by atoms with van der Waals surface area (Å²) in [5.41, 5.74) is 4.93. The highest BCUT2D eigenvalue weighted by molar-refractivity contribution is 8.04. The van der Waals surface area contributed by atoms with Gasteiger partial charge < -0.3 is 21.1 Å². The summed E-state index contributed by atoms with van der Waals surface area (Å²) in [5, 5.41) is 33.5. The summed E-state index contributed by atoms with van der Waals surface area (Å²) in [6.07, 6.45) is 0.343. The van der Waals surface area contributed by atoms with E-state index < -0.39 is 58.8 Å². The number of rotatable bonds is 25. The van der Waals surface area contributed by atoms with E-state index in [9.17, 15) is 39.7 Å². The Hall–Kier alpha value is -4.29. The summed E-state index contributed by atoms with van der Waals surface area (Å²) >= 11 is 16.3. The lowest BCUT2D eigenvalue weighted by atomic mass is 10.1. The standard InChI is InChI=1S/C40H48Cl2N10O11S6/c1-23-8-9-28(43-36(53)34(65-13-6-16-68(58,59)60)22-64-12-5-15-67(55,56)57)20-32(23)45-39-46-38(47-40(48-39)66-14-7-17-69(61,62)63)44-27-10-11-31(25(3)18-27)49-50-35-26(4)51-52(37(35)54)33-21-29(41)24(2)19-30(33)42/h8-11,18-21,34,54H,5-7,12-17,22H2,1-4H3,(H,43,53)(H,55,56,57)(H,58,59,60)(H,61,62,63)(H2,44,45,46,47,48). The van der Waals surface area contributed by atoms with E-state index in [0.29, 0.717) is 55.5 Å². The van der Waals surface area contributed by atoms with E-state index >= 15 is 0 Å². The largest absolute Gasteiger partial charge is 0.492 e. The van der Waals surface area contributed by atoms with Crippen molar-refractivity contribution in [2.24, 2.45) is 10.2 Å². The van der Waals surface area contributed by atoms with Gasteiger partial charge in [-0.1, -0.05) is 41.0 Å². The van der Waals surface area contributed by atoms with Crippen LogP contribution in [-0.2, 0) is 35.1 Å². The van der Waals surface area contributed by atoms with E-state index in [2.05, 4.69) is 46.2 Å². The van der Waals surface area contributed by atoms with Gasteiger partial charge in [0.05, 0.1) is 44.6 Å². The Balaban J connectivity index is 1.34. The average Bonchev–Trinajstić information content (AvgIpc) is 3.52. The molecule has 0 bridgehead atoms. The highest BCUT2D eigenvalue weighted by Gasteiger charge is 2.22. The summed E-state index contributed by atoms with van der Waals surface area (Å²) in [5.74, 6) is -0.870. The summed E-state index contributed by atoms with van der Waals surface area (Å²) in [6, 6.07) is 13.5. The van der Waals surface area contributed by atoms with Crippen LogP contribution in [0.15, 0.2) is 63.9 Å². The molecule has 1 unspecified atom stereocenters. The Morgan fingerprint density at radius 1 is 0.725 bits per heavy atom. The van der Waals surface area contributed by atoms with Crippen molar-refractivity contribution in [3.63, 3.8) is 0 Å². The number of carbonyl (C=O) groups is 1. The van der Waals surface area contributed by atoms with Crippen LogP contribution in [-0.4, -0.2) is 120 Å². The molecule has 29 heteroatoms. The Bertz CT molecular complexity index is 3040. The van der Waals surface area contributed by atoms with Crippen LogP contribution in [0.25, 0.3) is 5.69 Å². The van der Waals surface area contributed by atoms with E-state index in [1.54, 1.807) is 69.3 Å². The number of halogens is 2. The molecule has 3 aromatic carbocycles. The first-order valence-corrected chi connectivity index (χ1v) is 29.3. The molecule has 1 amide bonds. The van der Waals surface area contributed by atoms with Crippen molar-refractivity contribution in [1.82, 2.24) is 24.7 Å². The number of benzene rings is 3. The normalized spacial score (nSPS) is 12.7. The number of anilines is 5. The number of nitrogens with one attached hydrogen (secondary N) is 3. The minimum atomic E-state index is -4.20. The van der Waals surface area contributed by atoms with Gasteiger partial charge in [-0.2, -0.15) is 66.9 Å². The van der Waals surface area contributed by atoms with E-state index in [1.807, 2.05) is 6.92 Å². The smallest absolute Gasteiger partial charge is 0.264 e. The zero-order valence-corrected chi connectivity index (χ0v) is 43.7. The van der Waals surface area contributed by atoms with Gasteiger partial charge in [-0.25, -0.2) is 0 Å². The number of aromatic nitrogens is 5. The number of hydrogen-bond donors (Lipinski definition) is 7. The Kier molecular flexibility index (Phi) is 19.9. The van der Waals surface area contributed by atoms with Crippen LogP contribution in [0.4, 0.5) is 40.3 Å². The number of aromatic hydroxyl groups is 1. The van der Waals surface area contributed by atoms with E-state index in [1.165, 1.54) is 28.2 Å². The maximum atomic E-state index is 13.6. The van der Waals surface area contributed by atoms with Gasteiger partial charge in [0, 0.05) is 33.6 Å². The number of hydrogen-bond acceptors (Lipinski definition) is 19. The maximum absolute atomic E-state index is 13.6. The third-order valence-electron chi connectivity index (χ3n) is 9.43. The molecule has 2 aromatic heterocycles. The summed E-state index contributed by atoms with van der Waals surface area (Å²) in [7, 11) is -12.5. The van der Waals surface area contributed by atoms with Crippen LogP contribution in [0, 0.1) is 27.7 Å². The van der Waals surface area contributed by atoms with Crippen LogP contribution in [0.5, 0.6) is 5.88 Å². The van der Waals surface area contributed by atoms with Crippen LogP contribution < -0.4 is 16.0 Å². The van der Waals surface area contributed by atoms with Gasteiger partial charge in [0.25, 0.3) is 30.4 Å². The lowest BCUT2D eigenvalue weighted by Gasteiger charge is -2.17.